The Morgan fingerprint density at radius 1 is 1.36 bits per heavy atom. The van der Waals surface area contributed by atoms with Gasteiger partial charge in [0.2, 0.25) is 0 Å². The van der Waals surface area contributed by atoms with Gasteiger partial charge in [0.05, 0.1) is 23.8 Å². The summed E-state index contributed by atoms with van der Waals surface area (Å²) < 4.78 is 1.82. The van der Waals surface area contributed by atoms with Gasteiger partial charge in [-0.15, -0.1) is 11.3 Å². The van der Waals surface area contributed by atoms with Crippen molar-refractivity contribution in [1.29, 1.82) is 0 Å². The Bertz CT molecular complexity index is 710. The SMILES string of the molecule is Cc1c(C(=O)NCc2ccc(C(=O)O)s2)cnn1C(C)(C)C. The molecule has 1 amide bonds. The number of hydrogen-bond donors (Lipinski definition) is 2. The maximum absolute atomic E-state index is 12.2. The molecule has 0 saturated heterocycles. The van der Waals surface area contributed by atoms with Gasteiger partial charge < -0.3 is 10.4 Å². The summed E-state index contributed by atoms with van der Waals surface area (Å²) in [4.78, 5) is 24.1. The van der Waals surface area contributed by atoms with Gasteiger partial charge >= 0.3 is 5.97 Å². The summed E-state index contributed by atoms with van der Waals surface area (Å²) in [5, 5.41) is 16.0. The molecule has 22 heavy (non-hydrogen) atoms. The molecule has 0 radical (unpaired) electrons. The van der Waals surface area contributed by atoms with Crippen molar-refractivity contribution in [1.82, 2.24) is 15.1 Å². The van der Waals surface area contributed by atoms with E-state index >= 15 is 0 Å². The van der Waals surface area contributed by atoms with E-state index in [-0.39, 0.29) is 16.3 Å². The van der Waals surface area contributed by atoms with E-state index in [0.29, 0.717) is 12.1 Å². The lowest BCUT2D eigenvalue weighted by Crippen LogP contribution is -2.26. The summed E-state index contributed by atoms with van der Waals surface area (Å²) in [7, 11) is 0. The minimum Gasteiger partial charge on any atom is -0.477 e. The third-order valence-electron chi connectivity index (χ3n) is 3.19. The molecule has 0 atom stereocenters. The second-order valence-corrected chi connectivity index (χ2v) is 7.15. The highest BCUT2D eigenvalue weighted by Gasteiger charge is 2.21. The lowest BCUT2D eigenvalue weighted by Gasteiger charge is -2.21. The van der Waals surface area contributed by atoms with Gasteiger partial charge in [0.25, 0.3) is 5.91 Å². The Labute approximate surface area is 132 Å². The highest BCUT2D eigenvalue weighted by molar-refractivity contribution is 7.13. The van der Waals surface area contributed by atoms with E-state index in [9.17, 15) is 9.59 Å². The van der Waals surface area contributed by atoms with Crippen molar-refractivity contribution >= 4 is 23.2 Å². The van der Waals surface area contributed by atoms with E-state index in [1.807, 2.05) is 32.4 Å². The van der Waals surface area contributed by atoms with Crippen LogP contribution in [0.1, 0.15) is 51.4 Å². The highest BCUT2D eigenvalue weighted by atomic mass is 32.1. The van der Waals surface area contributed by atoms with Crippen molar-refractivity contribution in [2.45, 2.75) is 39.8 Å². The summed E-state index contributed by atoms with van der Waals surface area (Å²) in [6.07, 6.45) is 1.56. The van der Waals surface area contributed by atoms with Gasteiger partial charge in [-0.05, 0) is 39.8 Å². The Morgan fingerprint density at radius 3 is 2.55 bits per heavy atom. The van der Waals surface area contributed by atoms with Gasteiger partial charge in [0.15, 0.2) is 0 Å². The van der Waals surface area contributed by atoms with Gasteiger partial charge in [-0.3, -0.25) is 9.48 Å². The van der Waals surface area contributed by atoms with E-state index in [4.69, 9.17) is 5.11 Å². The number of rotatable bonds is 4. The average Bonchev–Trinajstić information content (AvgIpc) is 3.01. The van der Waals surface area contributed by atoms with Gasteiger partial charge in [0, 0.05) is 10.6 Å². The fraction of sp³-hybridized carbons (Fsp3) is 0.400. The van der Waals surface area contributed by atoms with Crippen molar-refractivity contribution in [2.24, 2.45) is 0 Å². The van der Waals surface area contributed by atoms with E-state index in [0.717, 1.165) is 21.9 Å². The quantitative estimate of drug-likeness (QED) is 0.906. The molecule has 6 nitrogen and oxygen atoms in total. The van der Waals surface area contributed by atoms with Crippen LogP contribution in [0.15, 0.2) is 18.3 Å². The van der Waals surface area contributed by atoms with Crippen LogP contribution in [0.25, 0.3) is 0 Å². The number of aromatic nitrogens is 2. The molecular weight excluding hydrogens is 302 g/mol. The first-order valence-electron chi connectivity index (χ1n) is 6.85. The molecule has 0 fully saturated rings. The topological polar surface area (TPSA) is 84.2 Å². The van der Waals surface area contributed by atoms with Crippen LogP contribution in [-0.2, 0) is 12.1 Å². The average molecular weight is 321 g/mol. The maximum Gasteiger partial charge on any atom is 0.345 e. The zero-order chi connectivity index (χ0) is 16.5. The van der Waals surface area contributed by atoms with Crippen molar-refractivity contribution in [3.05, 3.63) is 39.3 Å². The lowest BCUT2D eigenvalue weighted by molar-refractivity contribution is 0.0702. The van der Waals surface area contributed by atoms with Crippen LogP contribution in [0.3, 0.4) is 0 Å². The van der Waals surface area contributed by atoms with Crippen molar-refractivity contribution in [3.63, 3.8) is 0 Å². The van der Waals surface area contributed by atoms with Crippen molar-refractivity contribution < 1.29 is 14.7 Å². The second kappa shape index (κ2) is 5.92. The Kier molecular flexibility index (Phi) is 4.37. The molecule has 0 aromatic carbocycles. The number of hydrogen-bond acceptors (Lipinski definition) is 4. The van der Waals surface area contributed by atoms with Crippen LogP contribution in [0.2, 0.25) is 0 Å². The van der Waals surface area contributed by atoms with Gasteiger partial charge in [-0.2, -0.15) is 5.10 Å². The number of carboxylic acid groups (broad SMARTS) is 1. The van der Waals surface area contributed by atoms with Crippen LogP contribution in [0.4, 0.5) is 0 Å². The first-order valence-corrected chi connectivity index (χ1v) is 7.67. The Hall–Kier alpha value is -2.15. The Balaban J connectivity index is 2.06. The number of carboxylic acids is 1. The molecule has 0 saturated carbocycles. The molecule has 7 heteroatoms. The molecule has 2 aromatic heterocycles. The fourth-order valence-corrected chi connectivity index (χ4v) is 2.95. The van der Waals surface area contributed by atoms with E-state index in [1.165, 1.54) is 6.07 Å². The van der Waals surface area contributed by atoms with Crippen molar-refractivity contribution in [2.75, 3.05) is 0 Å². The standard InChI is InChI=1S/C15H19N3O3S/c1-9-11(8-17-18(9)15(2,3)4)13(19)16-7-10-5-6-12(22-10)14(20)21/h5-6,8H,7H2,1-4H3,(H,16,19)(H,20,21). The molecule has 2 heterocycles. The molecule has 2 rings (SSSR count). The van der Waals surface area contributed by atoms with Crippen LogP contribution in [0, 0.1) is 6.92 Å². The largest absolute Gasteiger partial charge is 0.477 e. The predicted molar refractivity (Wildman–Crippen MR) is 84.4 cm³/mol. The van der Waals surface area contributed by atoms with Gasteiger partial charge in [-0.1, -0.05) is 0 Å². The smallest absolute Gasteiger partial charge is 0.345 e. The molecule has 2 aromatic rings. The summed E-state index contributed by atoms with van der Waals surface area (Å²) in [5.74, 6) is -1.16. The van der Waals surface area contributed by atoms with Crippen molar-refractivity contribution in [3.8, 4) is 0 Å². The molecule has 0 aliphatic rings. The van der Waals surface area contributed by atoms with E-state index in [1.54, 1.807) is 12.3 Å². The molecule has 118 valence electrons. The predicted octanol–water partition coefficient (Wildman–Crippen LogP) is 2.64. The lowest BCUT2D eigenvalue weighted by atomic mass is 10.1. The molecular formula is C15H19N3O3S. The molecule has 0 bridgehead atoms. The van der Waals surface area contributed by atoms with E-state index < -0.39 is 5.97 Å². The first kappa shape index (κ1) is 16.2. The zero-order valence-electron chi connectivity index (χ0n) is 13.0. The molecule has 0 aliphatic carbocycles. The monoisotopic (exact) mass is 321 g/mol. The first-order chi connectivity index (χ1) is 10.2. The van der Waals surface area contributed by atoms with Crippen LogP contribution in [0.5, 0.6) is 0 Å². The summed E-state index contributed by atoms with van der Waals surface area (Å²) >= 11 is 1.16. The third kappa shape index (κ3) is 3.36. The number of carbonyl (C=O) groups is 2. The number of amides is 1. The van der Waals surface area contributed by atoms with Gasteiger partial charge in [-0.25, -0.2) is 4.79 Å². The minimum absolute atomic E-state index is 0.188. The number of aromatic carboxylic acids is 1. The van der Waals surface area contributed by atoms with Crippen LogP contribution >= 0.6 is 11.3 Å². The highest BCUT2D eigenvalue weighted by Crippen LogP contribution is 2.19. The summed E-state index contributed by atoms with van der Waals surface area (Å²) in [5.41, 5.74) is 1.15. The second-order valence-electron chi connectivity index (χ2n) is 5.98. The number of carbonyl (C=O) groups excluding carboxylic acids is 1. The molecule has 2 N–H and O–H groups in total. The number of nitrogens with zero attached hydrogens (tertiary/aromatic N) is 2. The fourth-order valence-electron chi connectivity index (χ4n) is 2.16. The van der Waals surface area contributed by atoms with Gasteiger partial charge in [0.1, 0.15) is 4.88 Å². The zero-order valence-corrected chi connectivity index (χ0v) is 13.8. The number of thiophene rings is 1. The minimum atomic E-state index is -0.954. The summed E-state index contributed by atoms with van der Waals surface area (Å²) in [6, 6.07) is 3.25. The number of nitrogens with one attached hydrogen (secondary N) is 1. The van der Waals surface area contributed by atoms with Crippen LogP contribution in [-0.4, -0.2) is 26.8 Å². The maximum atomic E-state index is 12.2. The molecule has 0 spiro atoms. The Morgan fingerprint density at radius 2 is 2.05 bits per heavy atom. The molecule has 0 aliphatic heterocycles. The van der Waals surface area contributed by atoms with Crippen LogP contribution < -0.4 is 5.32 Å². The third-order valence-corrected chi connectivity index (χ3v) is 4.26. The normalized spacial score (nSPS) is 11.5. The van der Waals surface area contributed by atoms with E-state index in [2.05, 4.69) is 10.4 Å². The molecule has 0 unspecified atom stereocenters. The summed E-state index contributed by atoms with van der Waals surface area (Å²) in [6.45, 7) is 8.23.